The molecule has 0 bridgehead atoms. The van der Waals surface area contributed by atoms with Gasteiger partial charge in [-0.2, -0.15) is 11.8 Å². The Balaban J connectivity index is 2.02. The summed E-state index contributed by atoms with van der Waals surface area (Å²) in [5.74, 6) is 2.18. The maximum Gasteiger partial charge on any atom is 0.231 e. The minimum absolute atomic E-state index is 0.128. The van der Waals surface area contributed by atoms with Crippen molar-refractivity contribution in [1.82, 2.24) is 4.90 Å². The first-order valence-corrected chi connectivity index (χ1v) is 6.63. The zero-order valence-electron chi connectivity index (χ0n) is 8.06. The molecule has 1 saturated heterocycles. The van der Waals surface area contributed by atoms with Crippen molar-refractivity contribution in [3.8, 4) is 0 Å². The number of hydrogen-bond donors (Lipinski definition) is 0. The van der Waals surface area contributed by atoms with Crippen molar-refractivity contribution in [2.45, 2.75) is 17.7 Å². The molecule has 2 aliphatic rings. The van der Waals surface area contributed by atoms with Crippen LogP contribution in [-0.4, -0.2) is 39.7 Å². The number of nitrogens with zero attached hydrogens (tertiary/aromatic N) is 1. The van der Waals surface area contributed by atoms with E-state index in [4.69, 9.17) is 23.2 Å². The lowest BCUT2D eigenvalue weighted by Gasteiger charge is -2.29. The highest BCUT2D eigenvalue weighted by Gasteiger charge is 2.68. The van der Waals surface area contributed by atoms with Crippen LogP contribution in [0.4, 0.5) is 0 Å². The third-order valence-electron chi connectivity index (χ3n) is 3.03. The van der Waals surface area contributed by atoms with E-state index < -0.39 is 9.75 Å². The van der Waals surface area contributed by atoms with Gasteiger partial charge in [-0.15, -0.1) is 23.2 Å². The van der Waals surface area contributed by atoms with E-state index >= 15 is 0 Å². The number of amides is 1. The van der Waals surface area contributed by atoms with Crippen LogP contribution >= 0.6 is 35.0 Å². The van der Waals surface area contributed by atoms with Crippen LogP contribution in [0, 0.1) is 5.41 Å². The fourth-order valence-corrected chi connectivity index (χ4v) is 3.35. The summed E-state index contributed by atoms with van der Waals surface area (Å²) in [6, 6.07) is 0. The molecule has 1 saturated carbocycles. The van der Waals surface area contributed by atoms with Crippen LogP contribution in [0.5, 0.6) is 0 Å². The molecule has 0 unspecified atom stereocenters. The molecular formula is C9H13Cl2NOS. The summed E-state index contributed by atoms with van der Waals surface area (Å²) >= 11 is 13.8. The average molecular weight is 254 g/mol. The molecule has 2 nitrogen and oxygen atoms in total. The van der Waals surface area contributed by atoms with E-state index in [0.29, 0.717) is 6.42 Å². The number of halogens is 2. The molecular weight excluding hydrogens is 241 g/mol. The van der Waals surface area contributed by atoms with Crippen LogP contribution < -0.4 is 0 Å². The Morgan fingerprint density at radius 3 is 2.29 bits per heavy atom. The summed E-state index contributed by atoms with van der Waals surface area (Å²) in [7, 11) is 0. The van der Waals surface area contributed by atoms with Crippen molar-refractivity contribution >= 4 is 40.9 Å². The SMILES string of the molecule is C[C@]1(C(=O)N2CCSCC2)CC1(Cl)Cl. The van der Waals surface area contributed by atoms with E-state index in [1.54, 1.807) is 0 Å². The first kappa shape index (κ1) is 10.9. The first-order chi connectivity index (χ1) is 6.47. The highest BCUT2D eigenvalue weighted by atomic mass is 35.5. The fourth-order valence-electron chi connectivity index (χ4n) is 1.75. The van der Waals surface area contributed by atoms with Crippen molar-refractivity contribution in [1.29, 1.82) is 0 Å². The van der Waals surface area contributed by atoms with Gasteiger partial charge in [0.2, 0.25) is 5.91 Å². The van der Waals surface area contributed by atoms with Gasteiger partial charge in [-0.1, -0.05) is 0 Å². The molecule has 80 valence electrons. The van der Waals surface area contributed by atoms with Crippen molar-refractivity contribution in [3.05, 3.63) is 0 Å². The van der Waals surface area contributed by atoms with Crippen molar-refractivity contribution in [2.75, 3.05) is 24.6 Å². The van der Waals surface area contributed by atoms with E-state index in [9.17, 15) is 4.79 Å². The normalized spacial score (nSPS) is 35.5. The zero-order chi connectivity index (χ0) is 10.4. The quantitative estimate of drug-likeness (QED) is 0.668. The number of hydrogen-bond acceptors (Lipinski definition) is 2. The molecule has 0 radical (unpaired) electrons. The molecule has 1 aliphatic heterocycles. The Hall–Kier alpha value is 0.400. The Morgan fingerprint density at radius 1 is 1.36 bits per heavy atom. The van der Waals surface area contributed by atoms with Crippen LogP contribution in [0.1, 0.15) is 13.3 Å². The lowest BCUT2D eigenvalue weighted by Crippen LogP contribution is -2.43. The minimum atomic E-state index is -0.825. The zero-order valence-corrected chi connectivity index (χ0v) is 10.4. The van der Waals surface area contributed by atoms with Gasteiger partial charge in [0, 0.05) is 24.6 Å². The maximum absolute atomic E-state index is 12.0. The lowest BCUT2D eigenvalue weighted by molar-refractivity contribution is -0.136. The summed E-state index contributed by atoms with van der Waals surface area (Å²) in [5, 5.41) is 0. The van der Waals surface area contributed by atoms with Crippen LogP contribution in [0.2, 0.25) is 0 Å². The Kier molecular flexibility index (Phi) is 2.70. The van der Waals surface area contributed by atoms with Gasteiger partial charge in [0.05, 0.1) is 5.41 Å². The number of thioether (sulfide) groups is 1. The van der Waals surface area contributed by atoms with Gasteiger partial charge in [-0.3, -0.25) is 4.79 Å². The number of alkyl halides is 2. The van der Waals surface area contributed by atoms with Crippen molar-refractivity contribution in [2.24, 2.45) is 5.41 Å². The summed E-state index contributed by atoms with van der Waals surface area (Å²) in [5.41, 5.74) is -0.530. The van der Waals surface area contributed by atoms with E-state index in [0.717, 1.165) is 24.6 Å². The van der Waals surface area contributed by atoms with E-state index in [-0.39, 0.29) is 5.91 Å². The van der Waals surface area contributed by atoms with Crippen LogP contribution in [0.15, 0.2) is 0 Å². The molecule has 14 heavy (non-hydrogen) atoms. The molecule has 0 N–H and O–H groups in total. The van der Waals surface area contributed by atoms with Crippen LogP contribution in [0.3, 0.4) is 0 Å². The molecule has 0 aromatic heterocycles. The smallest absolute Gasteiger partial charge is 0.231 e. The second-order valence-corrected chi connectivity index (χ2v) is 6.83. The standard InChI is InChI=1S/C9H13Cl2NOS/c1-8(6-9(8,10)11)7(13)12-2-4-14-5-3-12/h2-6H2,1H3/t8-/m1/s1. The number of carbonyl (C=O) groups is 1. The summed E-state index contributed by atoms with van der Waals surface area (Å²) in [4.78, 5) is 13.9. The number of rotatable bonds is 1. The third-order valence-corrected chi connectivity index (χ3v) is 5.07. The van der Waals surface area contributed by atoms with Gasteiger partial charge in [-0.05, 0) is 13.3 Å². The van der Waals surface area contributed by atoms with Gasteiger partial charge in [0.1, 0.15) is 4.33 Å². The molecule has 0 aromatic rings. The molecule has 5 heteroatoms. The molecule has 0 spiro atoms. The Bertz CT molecular complexity index is 266. The predicted molar refractivity (Wildman–Crippen MR) is 61.1 cm³/mol. The minimum Gasteiger partial charge on any atom is -0.340 e. The second kappa shape index (κ2) is 3.46. The maximum atomic E-state index is 12.0. The van der Waals surface area contributed by atoms with Gasteiger partial charge >= 0.3 is 0 Å². The lowest BCUT2D eigenvalue weighted by atomic mass is 10.1. The molecule has 1 amide bonds. The molecule has 1 atom stereocenters. The van der Waals surface area contributed by atoms with Crippen LogP contribution in [-0.2, 0) is 4.79 Å². The molecule has 2 fully saturated rings. The van der Waals surface area contributed by atoms with Crippen molar-refractivity contribution in [3.63, 3.8) is 0 Å². The van der Waals surface area contributed by atoms with Gasteiger partial charge in [0.15, 0.2) is 0 Å². The van der Waals surface area contributed by atoms with Crippen molar-refractivity contribution < 1.29 is 4.79 Å². The monoisotopic (exact) mass is 253 g/mol. The topological polar surface area (TPSA) is 20.3 Å². The van der Waals surface area contributed by atoms with Crippen LogP contribution in [0.25, 0.3) is 0 Å². The highest BCUT2D eigenvalue weighted by Crippen LogP contribution is 2.64. The fraction of sp³-hybridized carbons (Fsp3) is 0.889. The van der Waals surface area contributed by atoms with Gasteiger partial charge < -0.3 is 4.90 Å². The highest BCUT2D eigenvalue weighted by molar-refractivity contribution is 7.99. The van der Waals surface area contributed by atoms with E-state index in [2.05, 4.69) is 0 Å². The van der Waals surface area contributed by atoms with E-state index in [1.807, 2.05) is 23.6 Å². The molecule has 1 aliphatic carbocycles. The molecule has 0 aromatic carbocycles. The third kappa shape index (κ3) is 1.63. The van der Waals surface area contributed by atoms with Gasteiger partial charge in [-0.25, -0.2) is 0 Å². The summed E-state index contributed by atoms with van der Waals surface area (Å²) in [6.45, 7) is 3.53. The van der Waals surface area contributed by atoms with Gasteiger partial charge in [0.25, 0.3) is 0 Å². The molecule has 1 heterocycles. The first-order valence-electron chi connectivity index (χ1n) is 4.72. The Morgan fingerprint density at radius 2 is 1.86 bits per heavy atom. The second-order valence-electron chi connectivity index (χ2n) is 4.12. The Labute approximate surface area is 98.3 Å². The summed E-state index contributed by atoms with van der Waals surface area (Å²) < 4.78 is -0.825. The number of carbonyl (C=O) groups excluding carboxylic acids is 1. The summed E-state index contributed by atoms with van der Waals surface area (Å²) in [6.07, 6.45) is 0.589. The average Bonchev–Trinajstić information content (AvgIpc) is 2.68. The van der Waals surface area contributed by atoms with E-state index in [1.165, 1.54) is 0 Å². The largest absolute Gasteiger partial charge is 0.340 e. The molecule has 2 rings (SSSR count). The predicted octanol–water partition coefficient (Wildman–Crippen LogP) is 2.15.